The van der Waals surface area contributed by atoms with E-state index in [-0.39, 0.29) is 18.5 Å². The number of fused-ring (bicyclic) bond motifs is 2. The Bertz CT molecular complexity index is 645. The summed E-state index contributed by atoms with van der Waals surface area (Å²) in [6, 6.07) is 5.07. The predicted molar refractivity (Wildman–Crippen MR) is 92.7 cm³/mol. The average molecular weight is 347 g/mol. The summed E-state index contributed by atoms with van der Waals surface area (Å²) in [5.74, 6) is 2.38. The minimum absolute atomic E-state index is 0.270. The fourth-order valence-electron chi connectivity index (χ4n) is 4.16. The highest BCUT2D eigenvalue weighted by molar-refractivity contribution is 5.93. The summed E-state index contributed by atoms with van der Waals surface area (Å²) in [6.07, 6.45) is 5.38. The molecular weight excluding hydrogens is 322 g/mol. The molecule has 2 aliphatic rings. The smallest absolute Gasteiger partial charge is 0.306 e. The third-order valence-corrected chi connectivity index (χ3v) is 5.34. The Kier molecular flexibility index (Phi) is 5.46. The molecule has 1 aromatic rings. The van der Waals surface area contributed by atoms with E-state index in [9.17, 15) is 9.59 Å². The number of carbonyl (C=O) groups excluding carboxylic acids is 2. The summed E-state index contributed by atoms with van der Waals surface area (Å²) in [5, 5.41) is 2.69. The molecule has 25 heavy (non-hydrogen) atoms. The lowest BCUT2D eigenvalue weighted by Crippen LogP contribution is -2.23. The second kappa shape index (κ2) is 7.76. The highest BCUT2D eigenvalue weighted by atomic mass is 16.5. The quantitative estimate of drug-likeness (QED) is 0.768. The van der Waals surface area contributed by atoms with Gasteiger partial charge in [-0.05, 0) is 49.1 Å². The zero-order valence-electron chi connectivity index (χ0n) is 14.7. The summed E-state index contributed by atoms with van der Waals surface area (Å²) < 4.78 is 15.5. The van der Waals surface area contributed by atoms with Crippen molar-refractivity contribution in [1.29, 1.82) is 0 Å². The van der Waals surface area contributed by atoms with E-state index in [0.717, 1.165) is 12.3 Å². The van der Waals surface area contributed by atoms with Gasteiger partial charge in [0.25, 0.3) is 5.91 Å². The maximum atomic E-state index is 12.0. The predicted octanol–water partition coefficient (Wildman–Crippen LogP) is 3.01. The molecule has 136 valence electrons. The number of methoxy groups -OCH3 is 2. The van der Waals surface area contributed by atoms with Gasteiger partial charge in [-0.3, -0.25) is 9.59 Å². The molecule has 3 atom stereocenters. The van der Waals surface area contributed by atoms with Gasteiger partial charge in [0, 0.05) is 18.2 Å². The van der Waals surface area contributed by atoms with E-state index >= 15 is 0 Å². The van der Waals surface area contributed by atoms with Crippen molar-refractivity contribution in [2.75, 3.05) is 26.1 Å². The van der Waals surface area contributed by atoms with Gasteiger partial charge in [0.15, 0.2) is 18.1 Å². The Hall–Kier alpha value is -2.24. The van der Waals surface area contributed by atoms with Gasteiger partial charge < -0.3 is 19.5 Å². The van der Waals surface area contributed by atoms with Crippen LogP contribution in [0.2, 0.25) is 0 Å². The molecule has 0 unspecified atom stereocenters. The molecule has 2 bridgehead atoms. The normalized spacial score (nSPS) is 24.0. The zero-order chi connectivity index (χ0) is 17.8. The maximum absolute atomic E-state index is 12.0. The van der Waals surface area contributed by atoms with Crippen LogP contribution in [0.25, 0.3) is 0 Å². The minimum Gasteiger partial charge on any atom is -0.493 e. The largest absolute Gasteiger partial charge is 0.493 e. The molecule has 0 spiro atoms. The molecule has 1 amide bonds. The van der Waals surface area contributed by atoms with Crippen molar-refractivity contribution in [2.45, 2.75) is 32.1 Å². The Morgan fingerprint density at radius 3 is 2.56 bits per heavy atom. The Morgan fingerprint density at radius 2 is 1.92 bits per heavy atom. The van der Waals surface area contributed by atoms with Gasteiger partial charge in [0.2, 0.25) is 0 Å². The summed E-state index contributed by atoms with van der Waals surface area (Å²) in [5.41, 5.74) is 0.562. The van der Waals surface area contributed by atoms with Gasteiger partial charge in [0.05, 0.1) is 14.2 Å². The van der Waals surface area contributed by atoms with Crippen molar-refractivity contribution >= 4 is 17.6 Å². The molecule has 3 rings (SSSR count). The first-order chi connectivity index (χ1) is 12.1. The maximum Gasteiger partial charge on any atom is 0.306 e. The fraction of sp³-hybridized carbons (Fsp3) is 0.579. The van der Waals surface area contributed by atoms with Crippen LogP contribution in [-0.2, 0) is 14.3 Å². The number of rotatable bonds is 7. The molecule has 1 aromatic carbocycles. The fourth-order valence-corrected chi connectivity index (χ4v) is 4.16. The molecule has 6 heteroatoms. The molecule has 0 heterocycles. The zero-order valence-corrected chi connectivity index (χ0v) is 14.7. The second-order valence-electron chi connectivity index (χ2n) is 6.92. The number of hydrogen-bond acceptors (Lipinski definition) is 5. The van der Waals surface area contributed by atoms with Crippen LogP contribution in [0, 0.1) is 17.8 Å². The van der Waals surface area contributed by atoms with Crippen molar-refractivity contribution in [3.8, 4) is 11.5 Å². The summed E-state index contributed by atoms with van der Waals surface area (Å²) in [6.45, 7) is -0.270. The lowest BCUT2D eigenvalue weighted by atomic mass is 9.86. The van der Waals surface area contributed by atoms with Gasteiger partial charge in [-0.1, -0.05) is 6.42 Å². The van der Waals surface area contributed by atoms with E-state index < -0.39 is 0 Å². The first kappa shape index (κ1) is 17.6. The van der Waals surface area contributed by atoms with E-state index in [1.165, 1.54) is 26.4 Å². The third kappa shape index (κ3) is 4.24. The monoisotopic (exact) mass is 347 g/mol. The molecule has 2 fully saturated rings. The van der Waals surface area contributed by atoms with Crippen molar-refractivity contribution < 1.29 is 23.8 Å². The number of ether oxygens (including phenoxy) is 3. The summed E-state index contributed by atoms with van der Waals surface area (Å²) in [4.78, 5) is 24.0. The summed E-state index contributed by atoms with van der Waals surface area (Å²) in [7, 11) is 3.08. The highest BCUT2D eigenvalue weighted by Crippen LogP contribution is 2.49. The van der Waals surface area contributed by atoms with Gasteiger partial charge in [-0.25, -0.2) is 0 Å². The number of hydrogen-bond donors (Lipinski definition) is 1. The number of amides is 1. The highest BCUT2D eigenvalue weighted by Gasteiger charge is 2.40. The first-order valence-corrected chi connectivity index (χ1v) is 8.76. The van der Waals surface area contributed by atoms with Crippen LogP contribution in [0.1, 0.15) is 32.1 Å². The van der Waals surface area contributed by atoms with Gasteiger partial charge >= 0.3 is 5.97 Å². The van der Waals surface area contributed by atoms with Crippen LogP contribution in [0.4, 0.5) is 5.69 Å². The van der Waals surface area contributed by atoms with Gasteiger partial charge in [-0.2, -0.15) is 0 Å². The lowest BCUT2D eigenvalue weighted by molar-refractivity contribution is -0.148. The van der Waals surface area contributed by atoms with Crippen molar-refractivity contribution in [3.05, 3.63) is 18.2 Å². The third-order valence-electron chi connectivity index (χ3n) is 5.34. The van der Waals surface area contributed by atoms with Crippen LogP contribution in [0.5, 0.6) is 11.5 Å². The minimum atomic E-state index is -0.367. The van der Waals surface area contributed by atoms with Crippen LogP contribution < -0.4 is 14.8 Å². The van der Waals surface area contributed by atoms with Crippen molar-refractivity contribution in [3.63, 3.8) is 0 Å². The Balaban J connectivity index is 1.44. The molecular formula is C19H25NO5. The molecule has 2 aliphatic carbocycles. The number of nitrogens with one attached hydrogen (secondary N) is 1. The molecule has 2 saturated carbocycles. The molecule has 0 radical (unpaired) electrons. The first-order valence-electron chi connectivity index (χ1n) is 8.76. The molecule has 0 aromatic heterocycles. The standard InChI is InChI=1S/C19H25NO5/c1-23-16-6-5-15(10-17(16)24-2)20-18(21)11-25-19(22)9-14-8-12-3-4-13(14)7-12/h5-6,10,12-14H,3-4,7-9,11H2,1-2H3,(H,20,21)/t12-,13+,14-/m0/s1. The van der Waals surface area contributed by atoms with Crippen molar-refractivity contribution in [2.24, 2.45) is 17.8 Å². The van der Waals surface area contributed by atoms with E-state index in [2.05, 4.69) is 5.32 Å². The van der Waals surface area contributed by atoms with E-state index in [4.69, 9.17) is 14.2 Å². The molecule has 6 nitrogen and oxygen atoms in total. The van der Waals surface area contributed by atoms with Crippen LogP contribution in [0.15, 0.2) is 18.2 Å². The van der Waals surface area contributed by atoms with Crippen LogP contribution >= 0.6 is 0 Å². The second-order valence-corrected chi connectivity index (χ2v) is 6.92. The number of esters is 1. The summed E-state index contributed by atoms with van der Waals surface area (Å²) >= 11 is 0. The molecule has 0 aliphatic heterocycles. The number of carbonyl (C=O) groups is 2. The van der Waals surface area contributed by atoms with Crippen LogP contribution in [0.3, 0.4) is 0 Å². The average Bonchev–Trinajstić information content (AvgIpc) is 3.22. The van der Waals surface area contributed by atoms with Gasteiger partial charge in [0.1, 0.15) is 0 Å². The SMILES string of the molecule is COc1ccc(NC(=O)COC(=O)C[C@@H]2C[C@H]3CC[C@@H]2C3)cc1OC. The molecule has 0 saturated heterocycles. The Labute approximate surface area is 147 Å². The lowest BCUT2D eigenvalue weighted by Gasteiger charge is -2.20. The van der Waals surface area contributed by atoms with E-state index in [1.807, 2.05) is 0 Å². The van der Waals surface area contributed by atoms with Gasteiger partial charge in [-0.15, -0.1) is 0 Å². The molecule has 1 N–H and O–H groups in total. The van der Waals surface area contributed by atoms with Crippen molar-refractivity contribution in [1.82, 2.24) is 0 Å². The number of benzene rings is 1. The van der Waals surface area contributed by atoms with E-state index in [0.29, 0.717) is 35.4 Å². The topological polar surface area (TPSA) is 73.9 Å². The van der Waals surface area contributed by atoms with E-state index in [1.54, 1.807) is 25.3 Å². The Morgan fingerprint density at radius 1 is 1.12 bits per heavy atom. The number of anilines is 1. The van der Waals surface area contributed by atoms with Crippen LogP contribution in [-0.4, -0.2) is 32.7 Å².